The Morgan fingerprint density at radius 2 is 2.19 bits per heavy atom. The first-order valence-corrected chi connectivity index (χ1v) is 5.31. The highest BCUT2D eigenvalue weighted by Gasteiger charge is 2.11. The molecule has 1 aromatic rings. The van der Waals surface area contributed by atoms with E-state index in [4.69, 9.17) is 16.9 Å². The van der Waals surface area contributed by atoms with Gasteiger partial charge in [0.1, 0.15) is 11.9 Å². The molecule has 0 radical (unpaired) electrons. The minimum absolute atomic E-state index is 0.0916. The molecule has 84 valence electrons. The van der Waals surface area contributed by atoms with E-state index in [1.54, 1.807) is 6.92 Å². The predicted octanol–water partition coefficient (Wildman–Crippen LogP) is 2.67. The summed E-state index contributed by atoms with van der Waals surface area (Å²) in [6, 6.07) is 2.00. The van der Waals surface area contributed by atoms with Crippen LogP contribution in [0.15, 0.2) is 12.3 Å². The minimum atomic E-state index is 0.0916. The van der Waals surface area contributed by atoms with Gasteiger partial charge in [-0.3, -0.25) is 0 Å². The van der Waals surface area contributed by atoms with Crippen LogP contribution in [0.25, 0.3) is 0 Å². The Morgan fingerprint density at radius 3 is 2.75 bits per heavy atom. The zero-order valence-electron chi connectivity index (χ0n) is 9.53. The number of hydrogen-bond acceptors (Lipinski definition) is 4. The van der Waals surface area contributed by atoms with Crippen molar-refractivity contribution >= 4 is 17.4 Å². The third-order valence-electron chi connectivity index (χ3n) is 2.10. The van der Waals surface area contributed by atoms with Crippen LogP contribution in [0, 0.1) is 18.3 Å². The molecule has 0 aliphatic rings. The topological polar surface area (TPSA) is 52.8 Å². The monoisotopic (exact) mass is 236 g/mol. The van der Waals surface area contributed by atoms with Crippen molar-refractivity contribution in [1.82, 2.24) is 9.97 Å². The molecule has 0 amide bonds. The van der Waals surface area contributed by atoms with Crippen molar-refractivity contribution in [2.45, 2.75) is 20.3 Å². The number of allylic oxidation sites excluding steroid dienone is 1. The molecule has 0 saturated carbocycles. The lowest BCUT2D eigenvalue weighted by molar-refractivity contribution is 1.03. The van der Waals surface area contributed by atoms with Crippen molar-refractivity contribution in [2.75, 3.05) is 11.9 Å². The average Bonchev–Trinajstić information content (AvgIpc) is 2.28. The van der Waals surface area contributed by atoms with Gasteiger partial charge in [0, 0.05) is 18.8 Å². The Kier molecular flexibility index (Phi) is 4.27. The van der Waals surface area contributed by atoms with Gasteiger partial charge in [0.2, 0.25) is 5.28 Å². The molecule has 1 heterocycles. The minimum Gasteiger partial charge on any atom is -0.336 e. The maximum atomic E-state index is 8.89. The van der Waals surface area contributed by atoms with E-state index in [1.165, 1.54) is 0 Å². The first-order valence-electron chi connectivity index (χ1n) is 4.93. The predicted molar refractivity (Wildman–Crippen MR) is 64.3 cm³/mol. The molecule has 0 spiro atoms. The van der Waals surface area contributed by atoms with E-state index in [9.17, 15) is 0 Å². The van der Waals surface area contributed by atoms with E-state index >= 15 is 0 Å². The molecular weight excluding hydrogens is 224 g/mol. The first-order chi connectivity index (χ1) is 7.60. The van der Waals surface area contributed by atoms with E-state index < -0.39 is 0 Å². The number of hydrogen-bond donors (Lipinski definition) is 0. The molecule has 16 heavy (non-hydrogen) atoms. The normalized spacial score (nSPS) is 10.4. The van der Waals surface area contributed by atoms with Crippen LogP contribution in [0.5, 0.6) is 0 Å². The van der Waals surface area contributed by atoms with Crippen molar-refractivity contribution in [3.8, 4) is 6.07 Å². The Labute approximate surface area is 100 Å². The molecule has 0 aliphatic heterocycles. The van der Waals surface area contributed by atoms with Gasteiger partial charge in [-0.05, 0) is 24.9 Å². The molecule has 0 aliphatic carbocycles. The molecule has 0 aromatic carbocycles. The quantitative estimate of drug-likeness (QED) is 0.758. The summed E-state index contributed by atoms with van der Waals surface area (Å²) < 4.78 is 0. The fourth-order valence-corrected chi connectivity index (χ4v) is 1.43. The lowest BCUT2D eigenvalue weighted by Gasteiger charge is -2.15. The number of aromatic nitrogens is 2. The molecule has 0 N–H and O–H groups in total. The van der Waals surface area contributed by atoms with Gasteiger partial charge in [0.15, 0.2) is 5.69 Å². The van der Waals surface area contributed by atoms with Gasteiger partial charge in [0.05, 0.1) is 0 Å². The molecule has 1 rings (SSSR count). The standard InChI is InChI=1S/C11H13ClN4/c1-4-5-6-16(3)10-8(2)9(7-13)14-11(12)15-10/h5-6H,4H2,1-3H3/b6-5+. The van der Waals surface area contributed by atoms with Crippen LogP contribution >= 0.6 is 11.6 Å². The van der Waals surface area contributed by atoms with Crippen molar-refractivity contribution < 1.29 is 0 Å². The van der Waals surface area contributed by atoms with Crippen molar-refractivity contribution in [1.29, 1.82) is 5.26 Å². The van der Waals surface area contributed by atoms with Crippen LogP contribution in [-0.4, -0.2) is 17.0 Å². The number of halogens is 1. The number of rotatable bonds is 3. The Hall–Kier alpha value is -1.60. The SMILES string of the molecule is CC/C=C/N(C)c1nc(Cl)nc(C#N)c1C. The molecule has 0 bridgehead atoms. The fraction of sp³-hybridized carbons (Fsp3) is 0.364. The fourth-order valence-electron chi connectivity index (χ4n) is 1.26. The summed E-state index contributed by atoms with van der Waals surface area (Å²) in [7, 11) is 1.86. The lowest BCUT2D eigenvalue weighted by atomic mass is 10.2. The van der Waals surface area contributed by atoms with Gasteiger partial charge in [-0.2, -0.15) is 10.2 Å². The smallest absolute Gasteiger partial charge is 0.225 e. The molecule has 0 atom stereocenters. The summed E-state index contributed by atoms with van der Waals surface area (Å²) in [4.78, 5) is 9.80. The Bertz CT molecular complexity index is 448. The summed E-state index contributed by atoms with van der Waals surface area (Å²) in [5.74, 6) is 0.654. The van der Waals surface area contributed by atoms with Gasteiger partial charge >= 0.3 is 0 Å². The second-order valence-electron chi connectivity index (χ2n) is 3.31. The molecule has 0 fully saturated rings. The zero-order chi connectivity index (χ0) is 12.1. The second kappa shape index (κ2) is 5.47. The van der Waals surface area contributed by atoms with Gasteiger partial charge < -0.3 is 4.90 Å². The summed E-state index contributed by atoms with van der Waals surface area (Å²) in [6.45, 7) is 3.85. The third kappa shape index (κ3) is 2.71. The van der Waals surface area contributed by atoms with Crippen LogP contribution in [0.4, 0.5) is 5.82 Å². The third-order valence-corrected chi connectivity index (χ3v) is 2.27. The van der Waals surface area contributed by atoms with Gasteiger partial charge in [-0.25, -0.2) is 4.98 Å². The Balaban J connectivity index is 3.18. The summed E-state index contributed by atoms with van der Waals surface area (Å²) in [6.07, 6.45) is 4.83. The van der Waals surface area contributed by atoms with Crippen LogP contribution in [0.1, 0.15) is 24.6 Å². The molecule has 0 unspecified atom stereocenters. The molecule has 1 aromatic heterocycles. The first kappa shape index (κ1) is 12.5. The van der Waals surface area contributed by atoms with E-state index in [2.05, 4.69) is 9.97 Å². The van der Waals surface area contributed by atoms with Crippen molar-refractivity contribution in [3.63, 3.8) is 0 Å². The number of nitriles is 1. The van der Waals surface area contributed by atoms with E-state index in [0.717, 1.165) is 12.0 Å². The number of anilines is 1. The van der Waals surface area contributed by atoms with Crippen LogP contribution in [0.3, 0.4) is 0 Å². The zero-order valence-corrected chi connectivity index (χ0v) is 10.3. The van der Waals surface area contributed by atoms with Crippen molar-refractivity contribution in [2.24, 2.45) is 0 Å². The molecule has 5 heteroatoms. The summed E-state index contributed by atoms with van der Waals surface area (Å²) >= 11 is 5.75. The van der Waals surface area contributed by atoms with E-state index in [1.807, 2.05) is 37.2 Å². The maximum absolute atomic E-state index is 8.89. The largest absolute Gasteiger partial charge is 0.336 e. The summed E-state index contributed by atoms with van der Waals surface area (Å²) in [5.41, 5.74) is 1.04. The lowest BCUT2D eigenvalue weighted by Crippen LogP contribution is -2.13. The second-order valence-corrected chi connectivity index (χ2v) is 3.64. The average molecular weight is 237 g/mol. The van der Waals surface area contributed by atoms with Gasteiger partial charge in [0.25, 0.3) is 0 Å². The number of nitrogens with zero attached hydrogens (tertiary/aromatic N) is 4. The maximum Gasteiger partial charge on any atom is 0.225 e. The Morgan fingerprint density at radius 1 is 1.50 bits per heavy atom. The molecule has 4 nitrogen and oxygen atoms in total. The van der Waals surface area contributed by atoms with Crippen molar-refractivity contribution in [3.05, 3.63) is 28.8 Å². The highest BCUT2D eigenvalue weighted by Crippen LogP contribution is 2.20. The van der Waals surface area contributed by atoms with Crippen LogP contribution < -0.4 is 4.90 Å². The highest BCUT2D eigenvalue weighted by molar-refractivity contribution is 6.28. The van der Waals surface area contributed by atoms with Gasteiger partial charge in [-0.15, -0.1) is 0 Å². The molecular formula is C11H13ClN4. The van der Waals surface area contributed by atoms with Crippen LogP contribution in [0.2, 0.25) is 5.28 Å². The molecule has 0 saturated heterocycles. The van der Waals surface area contributed by atoms with Crippen LogP contribution in [-0.2, 0) is 0 Å². The van der Waals surface area contributed by atoms with E-state index in [0.29, 0.717) is 11.5 Å². The highest BCUT2D eigenvalue weighted by atomic mass is 35.5. The summed E-state index contributed by atoms with van der Waals surface area (Å²) in [5, 5.41) is 8.98. The van der Waals surface area contributed by atoms with E-state index in [-0.39, 0.29) is 5.28 Å². The van der Waals surface area contributed by atoms with Gasteiger partial charge in [-0.1, -0.05) is 13.0 Å².